The van der Waals surface area contributed by atoms with E-state index >= 15 is 0 Å². The molecular formula is C23H24FN7O3. The van der Waals surface area contributed by atoms with Crippen molar-refractivity contribution < 1.29 is 14.1 Å². The molecular weight excluding hydrogens is 441 g/mol. The van der Waals surface area contributed by atoms with Gasteiger partial charge < -0.3 is 0 Å². The Kier molecular flexibility index (Phi) is 4.75. The molecule has 4 saturated carbocycles. The van der Waals surface area contributed by atoms with Gasteiger partial charge in [-0.2, -0.15) is 5.10 Å². The van der Waals surface area contributed by atoms with Crippen molar-refractivity contribution in [2.24, 2.45) is 17.8 Å². The maximum atomic E-state index is 13.4. The second-order valence-electron chi connectivity index (χ2n) is 10.1. The smallest absolute Gasteiger partial charge is 0.287 e. The quantitative estimate of drug-likeness (QED) is 0.437. The maximum absolute atomic E-state index is 13.4. The zero-order valence-corrected chi connectivity index (χ0v) is 18.4. The van der Waals surface area contributed by atoms with Gasteiger partial charge in [0, 0.05) is 0 Å². The molecule has 4 aliphatic rings. The lowest BCUT2D eigenvalue weighted by molar-refractivity contribution is -0.385. The van der Waals surface area contributed by atoms with Crippen LogP contribution in [0.3, 0.4) is 0 Å². The summed E-state index contributed by atoms with van der Waals surface area (Å²) in [5.74, 6) is 0.834. The summed E-state index contributed by atoms with van der Waals surface area (Å²) < 4.78 is 16.6. The summed E-state index contributed by atoms with van der Waals surface area (Å²) in [5, 5.41) is 22.9. The van der Waals surface area contributed by atoms with Crippen molar-refractivity contribution in [3.8, 4) is 0 Å². The summed E-state index contributed by atoms with van der Waals surface area (Å²) in [6.45, 7) is 0.265. The van der Waals surface area contributed by atoms with Crippen LogP contribution in [-0.4, -0.2) is 35.4 Å². The van der Waals surface area contributed by atoms with Gasteiger partial charge in [-0.25, -0.2) is 14.1 Å². The third kappa shape index (κ3) is 3.64. The Labute approximate surface area is 194 Å². The van der Waals surface area contributed by atoms with Gasteiger partial charge in [-0.3, -0.25) is 24.9 Å². The number of carbonyl (C=O) groups excluding carboxylic acids is 1. The Bertz CT molecular complexity index is 1250. The van der Waals surface area contributed by atoms with Gasteiger partial charge in [0.25, 0.3) is 5.91 Å². The summed E-state index contributed by atoms with van der Waals surface area (Å²) in [6.07, 6.45) is 9.43. The highest BCUT2D eigenvalue weighted by Crippen LogP contribution is 2.58. The molecule has 2 aromatic heterocycles. The number of nitro groups is 1. The van der Waals surface area contributed by atoms with E-state index in [1.54, 1.807) is 16.8 Å². The van der Waals surface area contributed by atoms with Crippen LogP contribution in [0.15, 0.2) is 36.8 Å². The SMILES string of the molecule is O=C(Nc1ncn(Cc2cccc(F)c2)n1)c1nn(C23CC4CC(CC(C4)C2)C3)cc1[N+](=O)[O-]. The van der Waals surface area contributed by atoms with E-state index in [0.717, 1.165) is 19.3 Å². The normalized spacial score (nSPS) is 27.1. The minimum absolute atomic E-state index is 0.0000514. The number of carbonyl (C=O) groups is 1. The Morgan fingerprint density at radius 2 is 1.88 bits per heavy atom. The zero-order valence-electron chi connectivity index (χ0n) is 18.4. The first-order valence-corrected chi connectivity index (χ1v) is 11.6. The fraction of sp³-hybridized carbons (Fsp3) is 0.478. The van der Waals surface area contributed by atoms with Gasteiger partial charge >= 0.3 is 5.69 Å². The number of hydrogen-bond donors (Lipinski definition) is 1. The van der Waals surface area contributed by atoms with E-state index in [1.807, 2.05) is 0 Å². The van der Waals surface area contributed by atoms with E-state index in [-0.39, 0.29) is 35.2 Å². The third-order valence-corrected chi connectivity index (χ3v) is 7.59. The van der Waals surface area contributed by atoms with E-state index in [0.29, 0.717) is 23.3 Å². The number of nitrogens with zero attached hydrogens (tertiary/aromatic N) is 6. The molecule has 1 N–H and O–H groups in total. The van der Waals surface area contributed by atoms with Gasteiger partial charge in [0.05, 0.1) is 17.0 Å². The lowest BCUT2D eigenvalue weighted by atomic mass is 9.53. The summed E-state index contributed by atoms with van der Waals surface area (Å²) in [7, 11) is 0. The van der Waals surface area contributed by atoms with Crippen LogP contribution >= 0.6 is 0 Å². The van der Waals surface area contributed by atoms with Crippen LogP contribution in [0.25, 0.3) is 0 Å². The highest BCUT2D eigenvalue weighted by molar-refractivity contribution is 6.04. The number of benzene rings is 1. The molecule has 0 spiro atoms. The molecule has 0 unspecified atom stereocenters. The standard InChI is InChI=1S/C23H24FN7O3/c24-18-3-1-2-14(7-18)11-29-13-25-22(28-29)26-21(32)20-19(31(33)34)12-30(27-20)23-8-15-4-16(9-23)6-17(5-15)10-23/h1-3,7,12-13,15-17H,4-6,8-11H2,(H,26,28,32). The van der Waals surface area contributed by atoms with Crippen molar-refractivity contribution in [2.45, 2.75) is 50.6 Å². The zero-order chi connectivity index (χ0) is 23.4. The number of nitrogens with one attached hydrogen (secondary N) is 1. The fourth-order valence-electron chi connectivity index (χ4n) is 6.66. The molecule has 34 heavy (non-hydrogen) atoms. The summed E-state index contributed by atoms with van der Waals surface area (Å²) in [5.41, 5.74) is -0.0922. The van der Waals surface area contributed by atoms with Crippen LogP contribution in [0.4, 0.5) is 16.0 Å². The molecule has 11 heteroatoms. The molecule has 2 heterocycles. The largest absolute Gasteiger partial charge is 0.320 e. The molecule has 4 fully saturated rings. The molecule has 1 aromatic carbocycles. The number of hydrogen-bond acceptors (Lipinski definition) is 6. The second-order valence-corrected chi connectivity index (χ2v) is 10.1. The van der Waals surface area contributed by atoms with Crippen molar-refractivity contribution in [3.05, 3.63) is 64.0 Å². The van der Waals surface area contributed by atoms with Gasteiger partial charge in [-0.05, 0) is 74.0 Å². The van der Waals surface area contributed by atoms with Crippen molar-refractivity contribution in [2.75, 3.05) is 5.32 Å². The minimum atomic E-state index is -0.723. The molecule has 0 radical (unpaired) electrons. The Balaban J connectivity index is 1.23. The van der Waals surface area contributed by atoms with Crippen LogP contribution in [-0.2, 0) is 12.1 Å². The predicted molar refractivity (Wildman–Crippen MR) is 119 cm³/mol. The van der Waals surface area contributed by atoms with Crippen LogP contribution in [0.5, 0.6) is 0 Å². The van der Waals surface area contributed by atoms with E-state index < -0.39 is 10.8 Å². The van der Waals surface area contributed by atoms with E-state index in [4.69, 9.17) is 0 Å². The molecule has 0 atom stereocenters. The molecule has 10 nitrogen and oxygen atoms in total. The number of aromatic nitrogens is 5. The molecule has 0 aliphatic heterocycles. The number of rotatable bonds is 6. The van der Waals surface area contributed by atoms with Crippen LogP contribution in [0.1, 0.15) is 54.6 Å². The molecule has 0 saturated heterocycles. The Morgan fingerprint density at radius 3 is 2.53 bits per heavy atom. The predicted octanol–water partition coefficient (Wildman–Crippen LogP) is 3.75. The molecule has 4 aliphatic carbocycles. The summed E-state index contributed by atoms with van der Waals surface area (Å²) in [6, 6.07) is 6.10. The highest BCUT2D eigenvalue weighted by Gasteiger charge is 2.53. The number of anilines is 1. The highest BCUT2D eigenvalue weighted by atomic mass is 19.1. The van der Waals surface area contributed by atoms with E-state index in [1.165, 1.54) is 48.6 Å². The minimum Gasteiger partial charge on any atom is -0.287 e. The van der Waals surface area contributed by atoms with Gasteiger partial charge in [0.1, 0.15) is 18.3 Å². The molecule has 176 valence electrons. The van der Waals surface area contributed by atoms with Crippen LogP contribution in [0, 0.1) is 33.7 Å². The molecule has 7 rings (SSSR count). The van der Waals surface area contributed by atoms with Crippen LogP contribution < -0.4 is 5.32 Å². The second kappa shape index (κ2) is 7.71. The third-order valence-electron chi connectivity index (χ3n) is 7.59. The van der Waals surface area contributed by atoms with E-state index in [9.17, 15) is 19.3 Å². The van der Waals surface area contributed by atoms with Gasteiger partial charge in [-0.1, -0.05) is 12.1 Å². The topological polar surface area (TPSA) is 121 Å². The van der Waals surface area contributed by atoms with Crippen molar-refractivity contribution >= 4 is 17.5 Å². The first-order valence-electron chi connectivity index (χ1n) is 11.6. The van der Waals surface area contributed by atoms with Crippen LogP contribution in [0.2, 0.25) is 0 Å². The molecule has 1 amide bonds. The number of halogens is 1. The number of amides is 1. The lowest BCUT2D eigenvalue weighted by Crippen LogP contribution is -2.52. The first kappa shape index (κ1) is 20.9. The van der Waals surface area contributed by atoms with Crippen molar-refractivity contribution in [3.63, 3.8) is 0 Å². The fourth-order valence-corrected chi connectivity index (χ4v) is 6.66. The Hall–Kier alpha value is -3.63. The summed E-state index contributed by atoms with van der Waals surface area (Å²) in [4.78, 5) is 28.2. The lowest BCUT2D eigenvalue weighted by Gasteiger charge is -2.56. The van der Waals surface area contributed by atoms with Crippen molar-refractivity contribution in [1.29, 1.82) is 0 Å². The summed E-state index contributed by atoms with van der Waals surface area (Å²) >= 11 is 0. The average Bonchev–Trinajstić information content (AvgIpc) is 3.41. The van der Waals surface area contributed by atoms with E-state index in [2.05, 4.69) is 20.5 Å². The van der Waals surface area contributed by atoms with Gasteiger partial charge in [0.15, 0.2) is 0 Å². The average molecular weight is 465 g/mol. The van der Waals surface area contributed by atoms with Gasteiger partial charge in [0.2, 0.25) is 11.6 Å². The first-order chi connectivity index (χ1) is 16.4. The van der Waals surface area contributed by atoms with Gasteiger partial charge in [-0.15, -0.1) is 5.10 Å². The Morgan fingerprint density at radius 1 is 1.18 bits per heavy atom. The maximum Gasteiger partial charge on any atom is 0.320 e. The molecule has 4 bridgehead atoms. The van der Waals surface area contributed by atoms with Crippen molar-refractivity contribution in [1.82, 2.24) is 24.5 Å². The molecule has 3 aromatic rings. The monoisotopic (exact) mass is 465 g/mol.